The molecule has 0 saturated carbocycles. The minimum absolute atomic E-state index is 0.00296. The van der Waals surface area contributed by atoms with Gasteiger partial charge in [0.2, 0.25) is 0 Å². The minimum Gasteiger partial charge on any atom is -0.325 e. The maximum atomic E-state index is 11.6. The van der Waals surface area contributed by atoms with Crippen LogP contribution in [0, 0.1) is 0 Å². The molecule has 6 heteroatoms. The van der Waals surface area contributed by atoms with Crippen molar-refractivity contribution in [3.05, 3.63) is 42.1 Å². The normalized spacial score (nSPS) is 11.4. The van der Waals surface area contributed by atoms with Gasteiger partial charge >= 0.3 is 0 Å². The van der Waals surface area contributed by atoms with Gasteiger partial charge in [-0.15, -0.1) is 0 Å². The zero-order valence-corrected chi connectivity index (χ0v) is 10.7. The average Bonchev–Trinajstić information content (AvgIpc) is 2.38. The van der Waals surface area contributed by atoms with Gasteiger partial charge in [-0.25, -0.2) is 18.4 Å². The molecule has 0 amide bonds. The van der Waals surface area contributed by atoms with E-state index in [1.807, 2.05) is 30.3 Å². The first-order valence-corrected chi connectivity index (χ1v) is 7.23. The van der Waals surface area contributed by atoms with Crippen LogP contribution in [-0.2, 0) is 16.4 Å². The number of hydrogen-bond acceptors (Lipinski definition) is 5. The van der Waals surface area contributed by atoms with Crippen molar-refractivity contribution in [2.45, 2.75) is 11.6 Å². The molecule has 2 rings (SSSR count). The lowest BCUT2D eigenvalue weighted by atomic mass is 10.2. The highest BCUT2D eigenvalue weighted by atomic mass is 32.2. The largest absolute Gasteiger partial charge is 0.325 e. The Balaban J connectivity index is 2.62. The molecule has 0 unspecified atom stereocenters. The quantitative estimate of drug-likeness (QED) is 0.835. The van der Waals surface area contributed by atoms with Gasteiger partial charge in [0.05, 0.1) is 5.69 Å². The van der Waals surface area contributed by atoms with Gasteiger partial charge in [-0.05, 0) is 6.07 Å². The fourth-order valence-corrected chi connectivity index (χ4v) is 2.09. The number of benzene rings is 1. The molecule has 0 aliphatic carbocycles. The van der Waals surface area contributed by atoms with E-state index in [1.165, 1.54) is 6.07 Å². The summed E-state index contributed by atoms with van der Waals surface area (Å²) in [6.07, 6.45) is 1.12. The fraction of sp³-hybridized carbons (Fsp3) is 0.167. The molecule has 2 aromatic rings. The SMILES string of the molecule is CS(=O)(=O)c1cc(CN)nc(-c2ccccc2)n1. The van der Waals surface area contributed by atoms with E-state index in [0.717, 1.165) is 11.8 Å². The van der Waals surface area contributed by atoms with Crippen molar-refractivity contribution in [3.63, 3.8) is 0 Å². The first kappa shape index (κ1) is 12.7. The maximum Gasteiger partial charge on any atom is 0.192 e. The Kier molecular flexibility index (Phi) is 3.40. The fourth-order valence-electron chi connectivity index (χ4n) is 1.48. The summed E-state index contributed by atoms with van der Waals surface area (Å²) in [5, 5.41) is -0.00296. The van der Waals surface area contributed by atoms with E-state index in [2.05, 4.69) is 9.97 Å². The van der Waals surface area contributed by atoms with Crippen molar-refractivity contribution in [1.82, 2.24) is 9.97 Å². The van der Waals surface area contributed by atoms with Crippen LogP contribution in [-0.4, -0.2) is 24.6 Å². The highest BCUT2D eigenvalue weighted by Gasteiger charge is 2.13. The molecular formula is C12H13N3O2S. The molecule has 0 aliphatic rings. The third-order valence-electron chi connectivity index (χ3n) is 2.38. The zero-order chi connectivity index (χ0) is 13.2. The summed E-state index contributed by atoms with van der Waals surface area (Å²) >= 11 is 0. The van der Waals surface area contributed by atoms with Crippen LogP contribution in [0.4, 0.5) is 0 Å². The van der Waals surface area contributed by atoms with E-state index in [-0.39, 0.29) is 11.6 Å². The monoisotopic (exact) mass is 263 g/mol. The van der Waals surface area contributed by atoms with Gasteiger partial charge in [0, 0.05) is 18.4 Å². The summed E-state index contributed by atoms with van der Waals surface area (Å²) in [4.78, 5) is 8.30. The molecule has 1 heterocycles. The van der Waals surface area contributed by atoms with Gasteiger partial charge in [0.15, 0.2) is 20.7 Å². The Hall–Kier alpha value is -1.79. The van der Waals surface area contributed by atoms with Crippen LogP contribution in [0.1, 0.15) is 5.69 Å². The van der Waals surface area contributed by atoms with E-state index in [4.69, 9.17) is 5.73 Å². The molecule has 0 atom stereocenters. The average molecular weight is 263 g/mol. The van der Waals surface area contributed by atoms with Crippen LogP contribution in [0.3, 0.4) is 0 Å². The lowest BCUT2D eigenvalue weighted by molar-refractivity contribution is 0.597. The highest BCUT2D eigenvalue weighted by molar-refractivity contribution is 7.90. The Morgan fingerprint density at radius 3 is 2.39 bits per heavy atom. The van der Waals surface area contributed by atoms with E-state index >= 15 is 0 Å². The molecule has 0 radical (unpaired) electrons. The Morgan fingerprint density at radius 1 is 1.17 bits per heavy atom. The molecule has 0 spiro atoms. The molecule has 94 valence electrons. The lowest BCUT2D eigenvalue weighted by Crippen LogP contribution is -2.08. The molecule has 0 fully saturated rings. The van der Waals surface area contributed by atoms with Crippen molar-refractivity contribution in [2.24, 2.45) is 5.73 Å². The van der Waals surface area contributed by atoms with Gasteiger partial charge in [0.25, 0.3) is 0 Å². The number of nitrogens with two attached hydrogens (primary N) is 1. The van der Waals surface area contributed by atoms with E-state index in [1.54, 1.807) is 0 Å². The zero-order valence-electron chi connectivity index (χ0n) is 9.87. The minimum atomic E-state index is -3.37. The predicted octanol–water partition coefficient (Wildman–Crippen LogP) is 1.01. The number of aromatic nitrogens is 2. The van der Waals surface area contributed by atoms with Crippen LogP contribution in [0.5, 0.6) is 0 Å². The second-order valence-electron chi connectivity index (χ2n) is 3.86. The third kappa shape index (κ3) is 2.72. The van der Waals surface area contributed by atoms with Crippen molar-refractivity contribution in [3.8, 4) is 11.4 Å². The van der Waals surface area contributed by atoms with Gasteiger partial charge in [-0.1, -0.05) is 30.3 Å². The van der Waals surface area contributed by atoms with Gasteiger partial charge < -0.3 is 5.73 Å². The molecule has 5 nitrogen and oxygen atoms in total. The Labute approximate surface area is 106 Å². The molecule has 0 bridgehead atoms. The maximum absolute atomic E-state index is 11.6. The molecule has 1 aromatic heterocycles. The molecular weight excluding hydrogens is 250 g/mol. The van der Waals surface area contributed by atoms with Gasteiger partial charge in [-0.3, -0.25) is 0 Å². The third-order valence-corrected chi connectivity index (χ3v) is 3.35. The summed E-state index contributed by atoms with van der Waals surface area (Å²) in [6.45, 7) is 0.172. The van der Waals surface area contributed by atoms with Gasteiger partial charge in [-0.2, -0.15) is 0 Å². The Bertz CT molecular complexity index is 654. The lowest BCUT2D eigenvalue weighted by Gasteiger charge is -2.05. The first-order chi connectivity index (χ1) is 8.50. The second kappa shape index (κ2) is 4.83. The topological polar surface area (TPSA) is 85.9 Å². The number of rotatable bonds is 3. The molecule has 1 aromatic carbocycles. The predicted molar refractivity (Wildman–Crippen MR) is 68.5 cm³/mol. The van der Waals surface area contributed by atoms with Crippen molar-refractivity contribution >= 4 is 9.84 Å². The van der Waals surface area contributed by atoms with Crippen LogP contribution in [0.2, 0.25) is 0 Å². The molecule has 0 aliphatic heterocycles. The summed E-state index contributed by atoms with van der Waals surface area (Å²) in [6, 6.07) is 10.6. The summed E-state index contributed by atoms with van der Waals surface area (Å²) < 4.78 is 23.1. The van der Waals surface area contributed by atoms with Gasteiger partial charge in [0.1, 0.15) is 0 Å². The smallest absolute Gasteiger partial charge is 0.192 e. The van der Waals surface area contributed by atoms with Crippen LogP contribution in [0.25, 0.3) is 11.4 Å². The number of hydrogen-bond donors (Lipinski definition) is 1. The number of nitrogens with zero attached hydrogens (tertiary/aromatic N) is 2. The highest BCUT2D eigenvalue weighted by Crippen LogP contribution is 2.17. The van der Waals surface area contributed by atoms with E-state index in [9.17, 15) is 8.42 Å². The van der Waals surface area contributed by atoms with E-state index < -0.39 is 9.84 Å². The second-order valence-corrected chi connectivity index (χ2v) is 5.83. The first-order valence-electron chi connectivity index (χ1n) is 5.34. The Morgan fingerprint density at radius 2 is 1.83 bits per heavy atom. The number of sulfone groups is 1. The van der Waals surface area contributed by atoms with Crippen LogP contribution >= 0.6 is 0 Å². The van der Waals surface area contributed by atoms with Crippen LogP contribution < -0.4 is 5.73 Å². The standard InChI is InChI=1S/C12H13N3O2S/c1-18(16,17)11-7-10(8-13)14-12(15-11)9-5-3-2-4-6-9/h2-7H,8,13H2,1H3. The molecule has 0 saturated heterocycles. The van der Waals surface area contributed by atoms with Crippen molar-refractivity contribution in [2.75, 3.05) is 6.26 Å². The summed E-state index contributed by atoms with van der Waals surface area (Å²) in [5.74, 6) is 0.374. The van der Waals surface area contributed by atoms with Crippen LogP contribution in [0.15, 0.2) is 41.4 Å². The summed E-state index contributed by atoms with van der Waals surface area (Å²) in [5.41, 5.74) is 6.79. The summed E-state index contributed by atoms with van der Waals surface area (Å²) in [7, 11) is -3.37. The van der Waals surface area contributed by atoms with Crippen molar-refractivity contribution in [1.29, 1.82) is 0 Å². The molecule has 2 N–H and O–H groups in total. The molecule has 18 heavy (non-hydrogen) atoms. The van der Waals surface area contributed by atoms with E-state index in [0.29, 0.717) is 11.5 Å². The van der Waals surface area contributed by atoms with Crippen molar-refractivity contribution < 1.29 is 8.42 Å².